The van der Waals surface area contributed by atoms with Crippen molar-refractivity contribution in [2.45, 2.75) is 57.2 Å². The second kappa shape index (κ2) is 10.4. The van der Waals surface area contributed by atoms with Gasteiger partial charge in [0.2, 0.25) is 5.91 Å². The van der Waals surface area contributed by atoms with Crippen molar-refractivity contribution in [1.82, 2.24) is 25.3 Å². The van der Waals surface area contributed by atoms with E-state index in [4.69, 9.17) is 0 Å². The maximum Gasteiger partial charge on any atom is 0.325 e. The first kappa shape index (κ1) is 23.8. The highest BCUT2D eigenvalue weighted by molar-refractivity contribution is 6.07. The highest BCUT2D eigenvalue weighted by atomic mass is 16.2. The summed E-state index contributed by atoms with van der Waals surface area (Å²) in [6.45, 7) is 1.18. The number of nitrogens with one attached hydrogen (secondary N) is 2. The normalized spacial score (nSPS) is 16.8. The lowest BCUT2D eigenvalue weighted by atomic mass is 9.82. The van der Waals surface area contributed by atoms with Crippen LogP contribution in [0, 0.1) is 0 Å². The first-order chi connectivity index (χ1) is 17.5. The van der Waals surface area contributed by atoms with E-state index in [1.807, 2.05) is 41.2 Å². The fraction of sp³-hybridized carbons (Fsp3) is 0.357. The van der Waals surface area contributed by atoms with Crippen molar-refractivity contribution in [3.63, 3.8) is 0 Å². The molecule has 0 unspecified atom stereocenters. The molecule has 5 rings (SSSR count). The molecule has 0 radical (unpaired) electrons. The summed E-state index contributed by atoms with van der Waals surface area (Å²) in [7, 11) is 0. The van der Waals surface area contributed by atoms with Gasteiger partial charge in [-0.1, -0.05) is 67.8 Å². The summed E-state index contributed by atoms with van der Waals surface area (Å²) in [6, 6.07) is 17.8. The van der Waals surface area contributed by atoms with Crippen LogP contribution in [0.2, 0.25) is 0 Å². The van der Waals surface area contributed by atoms with E-state index >= 15 is 0 Å². The molecule has 2 aliphatic rings. The van der Waals surface area contributed by atoms with Gasteiger partial charge in [0, 0.05) is 31.9 Å². The number of rotatable bonds is 8. The van der Waals surface area contributed by atoms with Crippen molar-refractivity contribution in [1.29, 1.82) is 0 Å². The summed E-state index contributed by atoms with van der Waals surface area (Å²) >= 11 is 0. The monoisotopic (exact) mass is 485 g/mol. The van der Waals surface area contributed by atoms with Crippen molar-refractivity contribution in [3.8, 4) is 11.1 Å². The smallest absolute Gasteiger partial charge is 0.325 e. The minimum Gasteiger partial charge on any atom is -0.352 e. The van der Waals surface area contributed by atoms with Crippen LogP contribution in [0.5, 0.6) is 0 Å². The summed E-state index contributed by atoms with van der Waals surface area (Å²) in [5.74, 6) is -0.370. The van der Waals surface area contributed by atoms with Gasteiger partial charge in [0.25, 0.3) is 5.91 Å². The Morgan fingerprint density at radius 1 is 1.00 bits per heavy atom. The zero-order valence-corrected chi connectivity index (χ0v) is 20.3. The van der Waals surface area contributed by atoms with Crippen LogP contribution in [0.4, 0.5) is 4.79 Å². The minimum atomic E-state index is -0.751. The van der Waals surface area contributed by atoms with Gasteiger partial charge >= 0.3 is 6.03 Å². The van der Waals surface area contributed by atoms with Crippen LogP contribution >= 0.6 is 0 Å². The van der Waals surface area contributed by atoms with E-state index in [0.717, 1.165) is 41.5 Å². The zero-order chi connectivity index (χ0) is 25.0. The van der Waals surface area contributed by atoms with Gasteiger partial charge in [0.1, 0.15) is 5.54 Å². The molecule has 2 N–H and O–H groups in total. The van der Waals surface area contributed by atoms with Gasteiger partial charge in [0.05, 0.1) is 6.54 Å². The molecule has 0 bridgehead atoms. The number of benzene rings is 2. The van der Waals surface area contributed by atoms with E-state index in [1.165, 1.54) is 4.90 Å². The fourth-order valence-electron chi connectivity index (χ4n) is 5.20. The summed E-state index contributed by atoms with van der Waals surface area (Å²) in [5, 5.41) is 10.1. The van der Waals surface area contributed by atoms with Crippen LogP contribution in [0.25, 0.3) is 11.1 Å². The average molecular weight is 486 g/mol. The molecule has 1 saturated heterocycles. The van der Waals surface area contributed by atoms with Crippen molar-refractivity contribution < 1.29 is 14.4 Å². The van der Waals surface area contributed by atoms with E-state index < -0.39 is 5.54 Å². The Morgan fingerprint density at radius 2 is 1.78 bits per heavy atom. The fourth-order valence-corrected chi connectivity index (χ4v) is 5.20. The Bertz CT molecular complexity index is 1230. The van der Waals surface area contributed by atoms with E-state index in [-0.39, 0.29) is 30.8 Å². The Hall–Kier alpha value is -3.94. The van der Waals surface area contributed by atoms with Crippen molar-refractivity contribution >= 4 is 17.8 Å². The van der Waals surface area contributed by atoms with Crippen LogP contribution in [0.3, 0.4) is 0 Å². The molecular formula is C28H31N5O3. The van der Waals surface area contributed by atoms with Gasteiger partial charge in [-0.2, -0.15) is 5.10 Å². The van der Waals surface area contributed by atoms with Gasteiger partial charge in [-0.05, 0) is 41.2 Å². The predicted octanol–water partition coefficient (Wildman–Crippen LogP) is 3.86. The first-order valence-electron chi connectivity index (χ1n) is 12.6. The molecular weight excluding hydrogens is 454 g/mol. The number of amides is 4. The van der Waals surface area contributed by atoms with Gasteiger partial charge in [0.15, 0.2) is 0 Å². The second-order valence-electron chi connectivity index (χ2n) is 9.61. The van der Waals surface area contributed by atoms with Crippen molar-refractivity contribution in [2.24, 2.45) is 0 Å². The molecule has 0 atom stereocenters. The quantitative estimate of drug-likeness (QED) is 0.474. The summed E-state index contributed by atoms with van der Waals surface area (Å²) in [5.41, 5.74) is 3.53. The van der Waals surface area contributed by atoms with E-state index in [0.29, 0.717) is 25.9 Å². The van der Waals surface area contributed by atoms with Crippen molar-refractivity contribution in [3.05, 3.63) is 78.1 Å². The minimum absolute atomic E-state index is 0.0829. The lowest BCUT2D eigenvalue weighted by Gasteiger charge is -2.30. The number of aromatic nitrogens is 2. The Balaban J connectivity index is 1.17. The maximum absolute atomic E-state index is 12.9. The standard InChI is InChI=1S/C28H31N5O3/c34-25(13-18-33-26(35)28(31-27(33)36)14-4-1-5-15-28)29-19-23-7-2-3-8-24(23)22-11-9-21(10-12-22)20-32-17-6-16-30-32/h2-3,6-12,16-17H,1,4-5,13-15,18-20H2,(H,29,34)(H,31,36). The topological polar surface area (TPSA) is 96.3 Å². The number of nitrogens with zero attached hydrogens (tertiary/aromatic N) is 3. The van der Waals surface area contributed by atoms with Crippen LogP contribution in [0.1, 0.15) is 49.7 Å². The zero-order valence-electron chi connectivity index (χ0n) is 20.3. The van der Waals surface area contributed by atoms with Crippen LogP contribution in [-0.2, 0) is 22.7 Å². The Kier molecular flexibility index (Phi) is 6.84. The van der Waals surface area contributed by atoms with Gasteiger partial charge in [-0.3, -0.25) is 19.2 Å². The molecule has 1 aromatic heterocycles. The Morgan fingerprint density at radius 3 is 2.53 bits per heavy atom. The molecule has 8 nitrogen and oxygen atoms in total. The molecule has 1 spiro atoms. The number of carbonyl (C=O) groups excluding carboxylic acids is 3. The lowest BCUT2D eigenvalue weighted by molar-refractivity contribution is -0.132. The van der Waals surface area contributed by atoms with Crippen LogP contribution in [0.15, 0.2) is 67.0 Å². The summed E-state index contributed by atoms with van der Waals surface area (Å²) < 4.78 is 1.88. The summed E-state index contributed by atoms with van der Waals surface area (Å²) in [6.07, 6.45) is 8.11. The molecule has 4 amide bonds. The number of carbonyl (C=O) groups is 3. The first-order valence-corrected chi connectivity index (χ1v) is 12.6. The number of hydrogen-bond acceptors (Lipinski definition) is 4. The largest absolute Gasteiger partial charge is 0.352 e. The Labute approximate surface area is 210 Å². The molecule has 2 heterocycles. The van der Waals surface area contributed by atoms with Gasteiger partial charge in [-0.25, -0.2) is 4.79 Å². The molecule has 36 heavy (non-hydrogen) atoms. The highest BCUT2D eigenvalue weighted by Crippen LogP contribution is 2.33. The SMILES string of the molecule is O=C(CCN1C(=O)NC2(CCCCC2)C1=O)NCc1ccccc1-c1ccc(Cn2cccn2)cc1. The number of imide groups is 1. The molecule has 2 fully saturated rings. The third-order valence-corrected chi connectivity index (χ3v) is 7.18. The maximum atomic E-state index is 12.9. The molecule has 1 aliphatic heterocycles. The summed E-state index contributed by atoms with van der Waals surface area (Å²) in [4.78, 5) is 39.1. The highest BCUT2D eigenvalue weighted by Gasteiger charge is 2.51. The van der Waals surface area contributed by atoms with Gasteiger partial charge in [-0.15, -0.1) is 0 Å². The van der Waals surface area contributed by atoms with Crippen LogP contribution < -0.4 is 10.6 Å². The predicted molar refractivity (Wildman–Crippen MR) is 136 cm³/mol. The second-order valence-corrected chi connectivity index (χ2v) is 9.61. The average Bonchev–Trinajstić information content (AvgIpc) is 3.49. The molecule has 2 aromatic carbocycles. The van der Waals surface area contributed by atoms with E-state index in [2.05, 4.69) is 40.0 Å². The molecule has 1 saturated carbocycles. The number of urea groups is 1. The van der Waals surface area contributed by atoms with Crippen molar-refractivity contribution in [2.75, 3.05) is 6.54 Å². The third-order valence-electron chi connectivity index (χ3n) is 7.18. The number of hydrogen-bond donors (Lipinski definition) is 2. The third kappa shape index (κ3) is 5.03. The van der Waals surface area contributed by atoms with Crippen LogP contribution in [-0.4, -0.2) is 44.6 Å². The van der Waals surface area contributed by atoms with E-state index in [1.54, 1.807) is 6.20 Å². The van der Waals surface area contributed by atoms with E-state index in [9.17, 15) is 14.4 Å². The van der Waals surface area contributed by atoms with Gasteiger partial charge < -0.3 is 10.6 Å². The molecule has 8 heteroatoms. The molecule has 1 aliphatic carbocycles. The molecule has 3 aromatic rings. The lowest BCUT2D eigenvalue weighted by Crippen LogP contribution is -2.48. The molecule has 186 valence electrons.